The summed E-state index contributed by atoms with van der Waals surface area (Å²) in [5.74, 6) is 0.0212. The molecule has 0 spiro atoms. The van der Waals surface area contributed by atoms with E-state index in [2.05, 4.69) is 16.0 Å². The van der Waals surface area contributed by atoms with Crippen LogP contribution in [0, 0.1) is 0 Å². The minimum atomic E-state index is -0.273. The van der Waals surface area contributed by atoms with Gasteiger partial charge >= 0.3 is 5.69 Å². The van der Waals surface area contributed by atoms with Crippen LogP contribution in [0.5, 0.6) is 5.88 Å². The van der Waals surface area contributed by atoms with Crippen molar-refractivity contribution in [2.45, 2.75) is 25.8 Å². The molecule has 0 radical (unpaired) electrons. The number of rotatable bonds is 7. The van der Waals surface area contributed by atoms with Crippen LogP contribution in [0.1, 0.15) is 21.7 Å². The fourth-order valence-corrected chi connectivity index (χ4v) is 4.12. The predicted octanol–water partition coefficient (Wildman–Crippen LogP) is 2.76. The van der Waals surface area contributed by atoms with Crippen LogP contribution in [0.15, 0.2) is 46.7 Å². The Kier molecular flexibility index (Phi) is 4.87. The van der Waals surface area contributed by atoms with Crippen molar-refractivity contribution in [2.75, 3.05) is 6.54 Å². The van der Waals surface area contributed by atoms with Gasteiger partial charge in [0, 0.05) is 34.9 Å². The molecule has 0 aliphatic heterocycles. The molecule has 0 fully saturated rings. The zero-order chi connectivity index (χ0) is 18.8. The van der Waals surface area contributed by atoms with Gasteiger partial charge in [-0.3, -0.25) is 4.57 Å². The number of hydrogen-bond acceptors (Lipinski definition) is 4. The van der Waals surface area contributed by atoms with Crippen molar-refractivity contribution < 1.29 is 5.11 Å². The fourth-order valence-electron chi connectivity index (χ4n) is 3.42. The van der Waals surface area contributed by atoms with Gasteiger partial charge in [-0.2, -0.15) is 0 Å². The quantitative estimate of drug-likeness (QED) is 0.395. The summed E-state index contributed by atoms with van der Waals surface area (Å²) in [5.41, 5.74) is 9.23. The van der Waals surface area contributed by atoms with Gasteiger partial charge in [0.25, 0.3) is 0 Å². The molecule has 5 N–H and O–H groups in total. The topological polar surface area (TPSA) is 99.8 Å². The highest BCUT2D eigenvalue weighted by atomic mass is 32.1. The average molecular weight is 382 g/mol. The SMILES string of the molecule is NCCc1c[nH]c2ccc(Cc3[nH]c(=O)n(CCc4cccs4)c3O)cc12. The minimum Gasteiger partial charge on any atom is -0.493 e. The van der Waals surface area contributed by atoms with Gasteiger partial charge in [-0.15, -0.1) is 11.3 Å². The van der Waals surface area contributed by atoms with Gasteiger partial charge in [0.1, 0.15) is 0 Å². The number of thiophene rings is 1. The number of aromatic nitrogens is 3. The molecule has 6 nitrogen and oxygen atoms in total. The third-order valence-corrected chi connectivity index (χ3v) is 5.75. The van der Waals surface area contributed by atoms with Gasteiger partial charge in [0.15, 0.2) is 0 Å². The number of nitrogens with one attached hydrogen (secondary N) is 2. The summed E-state index contributed by atoms with van der Waals surface area (Å²) >= 11 is 1.65. The highest BCUT2D eigenvalue weighted by Crippen LogP contribution is 2.24. The average Bonchev–Trinajstić information content (AvgIpc) is 3.36. The number of imidazole rings is 1. The van der Waals surface area contributed by atoms with Gasteiger partial charge in [-0.05, 0) is 54.1 Å². The van der Waals surface area contributed by atoms with Crippen LogP contribution in [0.2, 0.25) is 0 Å². The Balaban J connectivity index is 1.57. The molecule has 7 heteroatoms. The Morgan fingerprint density at radius 3 is 2.89 bits per heavy atom. The first-order chi connectivity index (χ1) is 13.2. The van der Waals surface area contributed by atoms with E-state index in [0.29, 0.717) is 25.2 Å². The largest absolute Gasteiger partial charge is 0.493 e. The lowest BCUT2D eigenvalue weighted by atomic mass is 10.0. The molecular weight excluding hydrogens is 360 g/mol. The van der Waals surface area contributed by atoms with E-state index in [0.717, 1.165) is 29.3 Å². The number of aromatic amines is 2. The zero-order valence-corrected chi connectivity index (χ0v) is 15.7. The lowest BCUT2D eigenvalue weighted by Crippen LogP contribution is -2.17. The van der Waals surface area contributed by atoms with Crippen molar-refractivity contribution in [1.29, 1.82) is 0 Å². The first-order valence-corrected chi connectivity index (χ1v) is 9.85. The summed E-state index contributed by atoms with van der Waals surface area (Å²) in [6.07, 6.45) is 3.99. The maximum absolute atomic E-state index is 12.3. The van der Waals surface area contributed by atoms with Crippen LogP contribution >= 0.6 is 11.3 Å². The second-order valence-corrected chi connectivity index (χ2v) is 7.65. The van der Waals surface area contributed by atoms with Crippen LogP contribution in [-0.4, -0.2) is 26.2 Å². The summed E-state index contributed by atoms with van der Waals surface area (Å²) in [4.78, 5) is 19.5. The first-order valence-electron chi connectivity index (χ1n) is 8.97. The van der Waals surface area contributed by atoms with Gasteiger partial charge < -0.3 is 20.8 Å². The lowest BCUT2D eigenvalue weighted by molar-refractivity contribution is 0.409. The number of nitrogens with two attached hydrogens (primary N) is 1. The van der Waals surface area contributed by atoms with Crippen LogP contribution in [0.3, 0.4) is 0 Å². The summed E-state index contributed by atoms with van der Waals surface area (Å²) in [6.45, 7) is 1.05. The van der Waals surface area contributed by atoms with Crippen LogP contribution < -0.4 is 11.4 Å². The summed E-state index contributed by atoms with van der Waals surface area (Å²) in [6, 6.07) is 10.1. The molecule has 0 atom stereocenters. The van der Waals surface area contributed by atoms with Crippen LogP contribution in [-0.2, 0) is 25.8 Å². The Hall–Kier alpha value is -2.77. The predicted molar refractivity (Wildman–Crippen MR) is 109 cm³/mol. The van der Waals surface area contributed by atoms with Crippen molar-refractivity contribution in [3.8, 4) is 5.88 Å². The molecule has 4 aromatic rings. The Morgan fingerprint density at radius 2 is 2.11 bits per heavy atom. The Labute approximate surface area is 160 Å². The Bertz CT molecular complexity index is 1110. The van der Waals surface area contributed by atoms with E-state index in [1.54, 1.807) is 11.3 Å². The molecule has 0 saturated carbocycles. The highest BCUT2D eigenvalue weighted by Gasteiger charge is 2.14. The van der Waals surface area contributed by atoms with Crippen molar-refractivity contribution in [2.24, 2.45) is 5.73 Å². The first kappa shape index (κ1) is 17.6. The minimum absolute atomic E-state index is 0.0212. The van der Waals surface area contributed by atoms with Crippen molar-refractivity contribution in [1.82, 2.24) is 14.5 Å². The second kappa shape index (κ2) is 7.46. The van der Waals surface area contributed by atoms with E-state index in [-0.39, 0.29) is 11.6 Å². The van der Waals surface area contributed by atoms with Gasteiger partial charge in [0.05, 0.1) is 5.69 Å². The second-order valence-electron chi connectivity index (χ2n) is 6.62. The number of benzene rings is 1. The van der Waals surface area contributed by atoms with Gasteiger partial charge in [-0.25, -0.2) is 4.79 Å². The molecule has 140 valence electrons. The molecule has 27 heavy (non-hydrogen) atoms. The molecule has 0 aliphatic rings. The molecule has 4 rings (SSSR count). The summed E-state index contributed by atoms with van der Waals surface area (Å²) in [5, 5.41) is 13.7. The molecule has 1 aromatic carbocycles. The number of H-pyrrole nitrogens is 2. The summed E-state index contributed by atoms with van der Waals surface area (Å²) < 4.78 is 1.41. The maximum atomic E-state index is 12.3. The van der Waals surface area contributed by atoms with E-state index in [4.69, 9.17) is 5.73 Å². The lowest BCUT2D eigenvalue weighted by Gasteiger charge is -2.04. The molecule has 0 bridgehead atoms. The maximum Gasteiger partial charge on any atom is 0.328 e. The number of hydrogen-bond donors (Lipinski definition) is 4. The molecular formula is C20H22N4O2S. The summed E-state index contributed by atoms with van der Waals surface area (Å²) in [7, 11) is 0. The highest BCUT2D eigenvalue weighted by molar-refractivity contribution is 7.09. The molecule has 0 aliphatic carbocycles. The number of aromatic hydroxyl groups is 1. The molecule has 0 unspecified atom stereocenters. The van der Waals surface area contributed by atoms with Crippen LogP contribution in [0.25, 0.3) is 10.9 Å². The van der Waals surface area contributed by atoms with Crippen molar-refractivity contribution in [3.05, 3.63) is 74.1 Å². The van der Waals surface area contributed by atoms with E-state index in [1.165, 1.54) is 15.0 Å². The van der Waals surface area contributed by atoms with Crippen molar-refractivity contribution >= 4 is 22.2 Å². The molecule has 0 saturated heterocycles. The normalized spacial score (nSPS) is 11.4. The number of nitrogens with zero attached hydrogens (tertiary/aromatic N) is 1. The third-order valence-electron chi connectivity index (χ3n) is 4.82. The monoisotopic (exact) mass is 382 g/mol. The van der Waals surface area contributed by atoms with E-state index in [9.17, 15) is 9.90 Å². The van der Waals surface area contributed by atoms with E-state index < -0.39 is 0 Å². The zero-order valence-electron chi connectivity index (χ0n) is 14.9. The number of fused-ring (bicyclic) bond motifs is 1. The standard InChI is InChI=1S/C20H22N4O2S/c21-7-5-14-12-22-17-4-3-13(10-16(14)17)11-18-19(25)24(20(26)23-18)8-6-15-2-1-9-27-15/h1-4,9-10,12,22,25H,5-8,11,21H2,(H,23,26). The van der Waals surface area contributed by atoms with Gasteiger partial charge in [-0.1, -0.05) is 12.1 Å². The van der Waals surface area contributed by atoms with Crippen LogP contribution in [0.4, 0.5) is 0 Å². The molecule has 3 aromatic heterocycles. The third kappa shape index (κ3) is 3.56. The van der Waals surface area contributed by atoms with E-state index >= 15 is 0 Å². The van der Waals surface area contributed by atoms with Gasteiger partial charge in [0.2, 0.25) is 5.88 Å². The number of aryl methyl sites for hydroxylation is 1. The van der Waals surface area contributed by atoms with Crippen molar-refractivity contribution in [3.63, 3.8) is 0 Å². The fraction of sp³-hybridized carbons (Fsp3) is 0.250. The molecule has 3 heterocycles. The van der Waals surface area contributed by atoms with E-state index in [1.807, 2.05) is 35.8 Å². The molecule has 0 amide bonds. The smallest absolute Gasteiger partial charge is 0.328 e. The Morgan fingerprint density at radius 1 is 1.22 bits per heavy atom.